The van der Waals surface area contributed by atoms with Crippen LogP contribution in [0.1, 0.15) is 23.1 Å². The fourth-order valence-electron chi connectivity index (χ4n) is 3.94. The van der Waals surface area contributed by atoms with Gasteiger partial charge >= 0.3 is 0 Å². The number of hydrogen-bond acceptors (Lipinski definition) is 5. The van der Waals surface area contributed by atoms with Gasteiger partial charge in [-0.1, -0.05) is 36.4 Å². The van der Waals surface area contributed by atoms with Crippen LogP contribution < -0.4 is 23.8 Å². The summed E-state index contributed by atoms with van der Waals surface area (Å²) in [6.07, 6.45) is 0.991. The van der Waals surface area contributed by atoms with Gasteiger partial charge in [-0.2, -0.15) is 0 Å². The quantitative estimate of drug-likeness (QED) is 0.586. The van der Waals surface area contributed by atoms with Crippen molar-refractivity contribution in [3.05, 3.63) is 77.4 Å². The van der Waals surface area contributed by atoms with E-state index < -0.39 is 0 Å². The molecule has 2 aliphatic rings. The highest BCUT2D eigenvalue weighted by Crippen LogP contribution is 2.37. The van der Waals surface area contributed by atoms with Gasteiger partial charge in [-0.25, -0.2) is 0 Å². The van der Waals surface area contributed by atoms with Crippen molar-refractivity contribution < 1.29 is 23.7 Å². The Bertz CT molecular complexity index is 1130. The first-order valence-electron chi connectivity index (χ1n) is 10.3. The number of nitrogens with zero attached hydrogens (tertiary/aromatic N) is 1. The molecule has 0 saturated heterocycles. The molecule has 0 N–H and O–H groups in total. The average molecular weight is 417 g/mol. The van der Waals surface area contributed by atoms with Gasteiger partial charge < -0.3 is 23.8 Å². The van der Waals surface area contributed by atoms with E-state index in [-0.39, 0.29) is 19.5 Å². The van der Waals surface area contributed by atoms with Crippen LogP contribution in [0.25, 0.3) is 0 Å². The van der Waals surface area contributed by atoms with Gasteiger partial charge in [0.2, 0.25) is 19.5 Å². The first-order valence-corrected chi connectivity index (χ1v) is 10.3. The summed E-state index contributed by atoms with van der Waals surface area (Å²) in [7, 11) is 0. The summed E-state index contributed by atoms with van der Waals surface area (Å²) >= 11 is 0. The van der Waals surface area contributed by atoms with Crippen molar-refractivity contribution >= 4 is 11.6 Å². The third-order valence-corrected chi connectivity index (χ3v) is 5.58. The van der Waals surface area contributed by atoms with E-state index in [9.17, 15) is 4.79 Å². The molecule has 0 unspecified atom stereocenters. The molecule has 6 heteroatoms. The van der Waals surface area contributed by atoms with Crippen LogP contribution in [0, 0.1) is 6.92 Å². The topological polar surface area (TPSA) is 57.2 Å². The molecule has 158 valence electrons. The van der Waals surface area contributed by atoms with Gasteiger partial charge in [0.25, 0.3) is 0 Å². The molecule has 2 heterocycles. The van der Waals surface area contributed by atoms with E-state index in [4.69, 9.17) is 18.9 Å². The Labute approximate surface area is 180 Å². The van der Waals surface area contributed by atoms with Gasteiger partial charge in [0.15, 0.2) is 23.0 Å². The number of fused-ring (bicyclic) bond motifs is 2. The summed E-state index contributed by atoms with van der Waals surface area (Å²) < 4.78 is 22.0. The maximum absolute atomic E-state index is 13.4. The third kappa shape index (κ3) is 3.89. The molecule has 31 heavy (non-hydrogen) atoms. The number of carbonyl (C=O) groups is 1. The second-order valence-corrected chi connectivity index (χ2v) is 7.60. The molecule has 2 aliphatic heterocycles. The van der Waals surface area contributed by atoms with E-state index in [0.29, 0.717) is 25.1 Å². The van der Waals surface area contributed by atoms with E-state index in [0.717, 1.165) is 39.6 Å². The van der Waals surface area contributed by atoms with Crippen LogP contribution in [0.2, 0.25) is 0 Å². The van der Waals surface area contributed by atoms with Gasteiger partial charge in [0.05, 0.1) is 6.54 Å². The minimum atomic E-state index is 0.0449. The lowest BCUT2D eigenvalue weighted by Gasteiger charge is -2.25. The van der Waals surface area contributed by atoms with Crippen molar-refractivity contribution in [2.75, 3.05) is 18.5 Å². The van der Waals surface area contributed by atoms with Crippen LogP contribution >= 0.6 is 0 Å². The molecular weight excluding hydrogens is 394 g/mol. The van der Waals surface area contributed by atoms with Gasteiger partial charge in [-0.15, -0.1) is 0 Å². The number of ether oxygens (including phenoxy) is 4. The molecule has 0 fully saturated rings. The highest BCUT2D eigenvalue weighted by atomic mass is 16.7. The van der Waals surface area contributed by atoms with Gasteiger partial charge in [0, 0.05) is 17.7 Å². The number of benzene rings is 3. The highest BCUT2D eigenvalue weighted by molar-refractivity contribution is 5.94. The molecule has 6 nitrogen and oxygen atoms in total. The van der Waals surface area contributed by atoms with Crippen LogP contribution in [0.5, 0.6) is 23.0 Å². The van der Waals surface area contributed by atoms with E-state index in [1.54, 1.807) is 0 Å². The number of hydrogen-bond donors (Lipinski definition) is 0. The van der Waals surface area contributed by atoms with Crippen molar-refractivity contribution in [3.63, 3.8) is 0 Å². The second-order valence-electron chi connectivity index (χ2n) is 7.60. The molecule has 0 saturated carbocycles. The Hall–Kier alpha value is -3.67. The first kappa shape index (κ1) is 19.3. The van der Waals surface area contributed by atoms with Crippen molar-refractivity contribution in [3.8, 4) is 23.0 Å². The number of carbonyl (C=O) groups excluding carboxylic acids is 1. The van der Waals surface area contributed by atoms with Crippen molar-refractivity contribution in [2.24, 2.45) is 0 Å². The van der Waals surface area contributed by atoms with Crippen molar-refractivity contribution in [2.45, 2.75) is 26.3 Å². The second kappa shape index (κ2) is 8.22. The Kier molecular flexibility index (Phi) is 5.12. The third-order valence-electron chi connectivity index (χ3n) is 5.58. The normalized spacial score (nSPS) is 13.3. The predicted molar refractivity (Wildman–Crippen MR) is 116 cm³/mol. The monoisotopic (exact) mass is 417 g/mol. The molecular formula is C25H23NO5. The van der Waals surface area contributed by atoms with E-state index in [1.165, 1.54) is 0 Å². The van der Waals surface area contributed by atoms with Crippen LogP contribution in [0.15, 0.2) is 60.7 Å². The summed E-state index contributed by atoms with van der Waals surface area (Å²) in [5, 5.41) is 0. The zero-order chi connectivity index (χ0) is 21.2. The first-order chi connectivity index (χ1) is 15.2. The molecule has 0 aromatic heterocycles. The zero-order valence-corrected chi connectivity index (χ0v) is 17.3. The Morgan fingerprint density at radius 2 is 1.68 bits per heavy atom. The summed E-state index contributed by atoms with van der Waals surface area (Å²) in [6, 6.07) is 19.5. The number of rotatable bonds is 6. The van der Waals surface area contributed by atoms with Crippen molar-refractivity contribution in [1.82, 2.24) is 0 Å². The average Bonchev–Trinajstić information content (AvgIpc) is 3.45. The van der Waals surface area contributed by atoms with Gasteiger partial charge in [-0.05, 0) is 48.7 Å². The molecule has 0 aliphatic carbocycles. The maximum atomic E-state index is 13.4. The standard InChI is InChI=1S/C25H23NO5/c1-17-5-2-3-7-20(17)26(14-19-6-4-8-22-25(19)31-16-29-22)24(27)12-10-18-9-11-21-23(13-18)30-15-28-21/h2-9,11,13H,10,12,14-16H2,1H3. The summed E-state index contributed by atoms with van der Waals surface area (Å²) in [4.78, 5) is 15.2. The van der Waals surface area contributed by atoms with Gasteiger partial charge in [0.1, 0.15) is 0 Å². The lowest BCUT2D eigenvalue weighted by atomic mass is 10.1. The summed E-state index contributed by atoms with van der Waals surface area (Å²) in [6.45, 7) is 2.88. The fraction of sp³-hybridized carbons (Fsp3) is 0.240. The summed E-state index contributed by atoms with van der Waals surface area (Å²) in [5.74, 6) is 2.96. The minimum Gasteiger partial charge on any atom is -0.454 e. The molecule has 1 amide bonds. The number of anilines is 1. The predicted octanol–water partition coefficient (Wildman–Crippen LogP) is 4.62. The Morgan fingerprint density at radius 1 is 0.871 bits per heavy atom. The smallest absolute Gasteiger partial charge is 0.231 e. The highest BCUT2D eigenvalue weighted by Gasteiger charge is 2.23. The van der Waals surface area contributed by atoms with Crippen LogP contribution in [0.4, 0.5) is 5.69 Å². The Morgan fingerprint density at radius 3 is 2.58 bits per heavy atom. The fourth-order valence-corrected chi connectivity index (χ4v) is 3.94. The lowest BCUT2D eigenvalue weighted by Crippen LogP contribution is -2.31. The minimum absolute atomic E-state index is 0.0449. The van der Waals surface area contributed by atoms with Crippen molar-refractivity contribution in [1.29, 1.82) is 0 Å². The van der Waals surface area contributed by atoms with E-state index >= 15 is 0 Å². The zero-order valence-electron chi connectivity index (χ0n) is 17.3. The van der Waals surface area contributed by atoms with E-state index in [2.05, 4.69) is 0 Å². The molecule has 3 aromatic carbocycles. The maximum Gasteiger partial charge on any atom is 0.231 e. The Balaban J connectivity index is 1.38. The van der Waals surface area contributed by atoms with Crippen LogP contribution in [-0.2, 0) is 17.8 Å². The number of amides is 1. The lowest BCUT2D eigenvalue weighted by molar-refractivity contribution is -0.118. The van der Waals surface area contributed by atoms with Gasteiger partial charge in [-0.3, -0.25) is 4.79 Å². The summed E-state index contributed by atoms with van der Waals surface area (Å²) in [5.41, 5.74) is 3.91. The molecule has 0 bridgehead atoms. The SMILES string of the molecule is Cc1ccccc1N(Cc1cccc2c1OCO2)C(=O)CCc1ccc2c(c1)OCO2. The number of para-hydroxylation sites is 2. The van der Waals surface area contributed by atoms with Crippen LogP contribution in [0.3, 0.4) is 0 Å². The molecule has 5 rings (SSSR count). The van der Waals surface area contributed by atoms with Crippen LogP contribution in [-0.4, -0.2) is 19.5 Å². The molecule has 0 spiro atoms. The number of aryl methyl sites for hydroxylation is 2. The molecule has 0 radical (unpaired) electrons. The largest absolute Gasteiger partial charge is 0.454 e. The molecule has 0 atom stereocenters. The van der Waals surface area contributed by atoms with E-state index in [1.807, 2.05) is 72.5 Å². The molecule has 3 aromatic rings.